The minimum Gasteiger partial charge on any atom is -0.416 e. The number of alkyl halides is 3. The van der Waals surface area contributed by atoms with Gasteiger partial charge in [0.1, 0.15) is 11.5 Å². The molecule has 1 aromatic heterocycles. The van der Waals surface area contributed by atoms with Crippen LogP contribution in [0.25, 0.3) is 17.0 Å². The van der Waals surface area contributed by atoms with Crippen molar-refractivity contribution in [1.82, 2.24) is 15.1 Å². The largest absolute Gasteiger partial charge is 0.419 e. The second kappa shape index (κ2) is 11.0. The number of rotatable bonds is 6. The fourth-order valence-electron chi connectivity index (χ4n) is 5.86. The van der Waals surface area contributed by atoms with Gasteiger partial charge in [0.05, 0.1) is 17.7 Å². The Bertz CT molecular complexity index is 1480. The van der Waals surface area contributed by atoms with Crippen LogP contribution < -0.4 is 0 Å². The summed E-state index contributed by atoms with van der Waals surface area (Å²) in [6.07, 6.45) is 3.35. The lowest BCUT2D eigenvalue weighted by Crippen LogP contribution is -2.54. The van der Waals surface area contributed by atoms with E-state index in [4.69, 9.17) is 9.15 Å². The van der Waals surface area contributed by atoms with Crippen molar-refractivity contribution in [1.29, 1.82) is 0 Å². The molecular weight excluding hydrogens is 534 g/mol. The molecule has 1 spiro atoms. The lowest BCUT2D eigenvalue weighted by molar-refractivity contribution is -0.139. The number of allylic oxidation sites excluding steroid dienone is 4. The smallest absolute Gasteiger partial charge is 0.416 e. The molecule has 2 aromatic carbocycles. The molecule has 1 aliphatic carbocycles. The molecule has 41 heavy (non-hydrogen) atoms. The van der Waals surface area contributed by atoms with E-state index in [1.807, 2.05) is 24.3 Å². The third kappa shape index (κ3) is 5.92. The van der Waals surface area contributed by atoms with Gasteiger partial charge in [-0.25, -0.2) is 4.39 Å². The molecule has 1 aliphatic heterocycles. The average Bonchev–Trinajstić information content (AvgIpc) is 3.50. The first-order chi connectivity index (χ1) is 19.4. The standard InChI is InChI=1S/C32H33F4N3O2/c1-5-9-23(28-37-38-29(41-28)24-12-13-26(27(33)17-24)32(34,35)36)16-25-18-31(15-14-21(25)2)20-40-30(3,4)39(31)19-22-10-7-6-8-11-22/h5-13,16-17,21H,1,14-15,18-20H2,2-4H3/b23-9+,25-16-/t21?,31-/m0/s1. The Labute approximate surface area is 237 Å². The van der Waals surface area contributed by atoms with Crippen LogP contribution in [0.15, 0.2) is 83.3 Å². The monoisotopic (exact) mass is 567 g/mol. The predicted octanol–water partition coefficient (Wildman–Crippen LogP) is 8.22. The molecule has 2 fully saturated rings. The van der Waals surface area contributed by atoms with Gasteiger partial charge in [-0.15, -0.1) is 10.2 Å². The van der Waals surface area contributed by atoms with Gasteiger partial charge in [-0.05, 0) is 68.9 Å². The van der Waals surface area contributed by atoms with Crippen LogP contribution in [0.4, 0.5) is 17.6 Å². The summed E-state index contributed by atoms with van der Waals surface area (Å²) >= 11 is 0. The molecule has 3 aromatic rings. The van der Waals surface area contributed by atoms with Crippen molar-refractivity contribution < 1.29 is 26.7 Å². The first-order valence-electron chi connectivity index (χ1n) is 13.6. The van der Waals surface area contributed by atoms with Gasteiger partial charge >= 0.3 is 6.18 Å². The van der Waals surface area contributed by atoms with E-state index in [2.05, 4.69) is 54.6 Å². The lowest BCUT2D eigenvalue weighted by Gasteiger charge is -2.46. The zero-order valence-electron chi connectivity index (χ0n) is 23.3. The molecule has 0 bridgehead atoms. The molecule has 2 atom stereocenters. The summed E-state index contributed by atoms with van der Waals surface area (Å²) in [6, 6.07) is 12.9. The van der Waals surface area contributed by atoms with E-state index in [0.29, 0.717) is 24.2 Å². The van der Waals surface area contributed by atoms with Crippen molar-refractivity contribution in [3.8, 4) is 11.5 Å². The Kier molecular flexibility index (Phi) is 7.78. The molecule has 5 nitrogen and oxygen atoms in total. The first kappa shape index (κ1) is 29.0. The summed E-state index contributed by atoms with van der Waals surface area (Å²) in [5, 5.41) is 8.12. The van der Waals surface area contributed by atoms with E-state index in [0.717, 1.165) is 37.9 Å². The molecule has 216 valence electrons. The van der Waals surface area contributed by atoms with Crippen molar-refractivity contribution in [2.24, 2.45) is 5.92 Å². The molecule has 9 heteroatoms. The number of halogens is 4. The average molecular weight is 568 g/mol. The quantitative estimate of drug-likeness (QED) is 0.222. The van der Waals surface area contributed by atoms with Crippen molar-refractivity contribution in [2.45, 2.75) is 64.0 Å². The van der Waals surface area contributed by atoms with Gasteiger partial charge in [0.15, 0.2) is 0 Å². The zero-order chi connectivity index (χ0) is 29.4. The molecule has 1 saturated carbocycles. The van der Waals surface area contributed by atoms with Crippen molar-refractivity contribution in [2.75, 3.05) is 6.61 Å². The summed E-state index contributed by atoms with van der Waals surface area (Å²) < 4.78 is 65.3. The molecule has 0 N–H and O–H groups in total. The molecule has 1 unspecified atom stereocenters. The Morgan fingerprint density at radius 2 is 1.90 bits per heavy atom. The third-order valence-electron chi connectivity index (χ3n) is 8.14. The summed E-state index contributed by atoms with van der Waals surface area (Å²) in [6.45, 7) is 11.6. The molecule has 0 radical (unpaired) electrons. The van der Waals surface area contributed by atoms with Crippen LogP contribution in [-0.4, -0.2) is 33.0 Å². The summed E-state index contributed by atoms with van der Waals surface area (Å²) in [7, 11) is 0. The molecule has 1 saturated heterocycles. The number of hydrogen-bond donors (Lipinski definition) is 0. The van der Waals surface area contributed by atoms with Gasteiger partial charge < -0.3 is 9.15 Å². The maximum absolute atomic E-state index is 14.2. The Morgan fingerprint density at radius 1 is 1.15 bits per heavy atom. The second-order valence-electron chi connectivity index (χ2n) is 11.3. The normalized spacial score (nSPS) is 24.3. The highest BCUT2D eigenvalue weighted by molar-refractivity contribution is 5.71. The predicted molar refractivity (Wildman–Crippen MR) is 149 cm³/mol. The number of aromatic nitrogens is 2. The molecule has 5 rings (SSSR count). The number of ether oxygens (including phenoxy) is 1. The third-order valence-corrected chi connectivity index (χ3v) is 8.14. The number of hydrogen-bond acceptors (Lipinski definition) is 5. The molecule has 0 amide bonds. The minimum absolute atomic E-state index is 0.0618. The van der Waals surface area contributed by atoms with E-state index >= 15 is 0 Å². The highest BCUT2D eigenvalue weighted by Crippen LogP contribution is 2.48. The maximum atomic E-state index is 14.2. The van der Waals surface area contributed by atoms with Crippen LogP contribution in [-0.2, 0) is 17.5 Å². The second-order valence-corrected chi connectivity index (χ2v) is 11.3. The maximum Gasteiger partial charge on any atom is 0.419 e. The molecule has 2 heterocycles. The van der Waals surface area contributed by atoms with E-state index in [1.165, 1.54) is 11.1 Å². The first-order valence-corrected chi connectivity index (χ1v) is 13.6. The van der Waals surface area contributed by atoms with E-state index < -0.39 is 23.3 Å². The van der Waals surface area contributed by atoms with Crippen LogP contribution in [0.1, 0.15) is 57.1 Å². The van der Waals surface area contributed by atoms with E-state index in [9.17, 15) is 17.6 Å². The van der Waals surface area contributed by atoms with Crippen LogP contribution >= 0.6 is 0 Å². The van der Waals surface area contributed by atoms with Crippen LogP contribution in [0.5, 0.6) is 0 Å². The van der Waals surface area contributed by atoms with Crippen LogP contribution in [0.3, 0.4) is 0 Å². The topological polar surface area (TPSA) is 51.4 Å². The summed E-state index contributed by atoms with van der Waals surface area (Å²) in [5.74, 6) is -1.01. The van der Waals surface area contributed by atoms with Gasteiger partial charge in [0.25, 0.3) is 0 Å². The van der Waals surface area contributed by atoms with Crippen molar-refractivity contribution >= 4 is 5.57 Å². The Morgan fingerprint density at radius 3 is 2.59 bits per heavy atom. The van der Waals surface area contributed by atoms with Crippen molar-refractivity contribution in [3.63, 3.8) is 0 Å². The zero-order valence-corrected chi connectivity index (χ0v) is 23.3. The van der Waals surface area contributed by atoms with Gasteiger partial charge in [-0.1, -0.05) is 61.6 Å². The molecular formula is C32H33F4N3O2. The van der Waals surface area contributed by atoms with Gasteiger partial charge in [-0.2, -0.15) is 13.2 Å². The highest BCUT2D eigenvalue weighted by atomic mass is 19.4. The van der Waals surface area contributed by atoms with Gasteiger partial charge in [0.2, 0.25) is 11.8 Å². The van der Waals surface area contributed by atoms with Crippen molar-refractivity contribution in [3.05, 3.63) is 102 Å². The summed E-state index contributed by atoms with van der Waals surface area (Å²) in [4.78, 5) is 2.47. The SMILES string of the molecule is C=C/C=C(\C=C1\C[C@@]2(CCC1C)COC(C)(C)N2Cc1ccccc1)c1nnc(-c2ccc(C(F)(F)F)c(F)c2)o1. The summed E-state index contributed by atoms with van der Waals surface area (Å²) in [5.41, 5.74) is 1.14. The fraction of sp³-hybridized carbons (Fsp3) is 0.375. The van der Waals surface area contributed by atoms with Gasteiger partial charge in [-0.3, -0.25) is 4.90 Å². The minimum atomic E-state index is -4.79. The van der Waals surface area contributed by atoms with E-state index in [-0.39, 0.29) is 22.9 Å². The molecule has 2 aliphatic rings. The van der Waals surface area contributed by atoms with Crippen LogP contribution in [0, 0.1) is 11.7 Å². The highest BCUT2D eigenvalue weighted by Gasteiger charge is 2.53. The van der Waals surface area contributed by atoms with Crippen LogP contribution in [0.2, 0.25) is 0 Å². The van der Waals surface area contributed by atoms with Gasteiger partial charge in [0, 0.05) is 17.7 Å². The number of benzene rings is 2. The fourth-order valence-corrected chi connectivity index (χ4v) is 5.86. The Balaban J connectivity index is 1.44. The Hall–Kier alpha value is -3.56. The lowest BCUT2D eigenvalue weighted by atomic mass is 9.72. The van der Waals surface area contributed by atoms with E-state index in [1.54, 1.807) is 12.2 Å². The number of nitrogens with zero attached hydrogens (tertiary/aromatic N) is 3.